The Labute approximate surface area is 152 Å². The minimum Gasteiger partial charge on any atom is -0.0996 e. The fraction of sp³-hybridized carbons (Fsp3) is 0.917. The minimum atomic E-state index is 0.731. The maximum absolute atomic E-state index is 3.69. The molecule has 0 amide bonds. The summed E-state index contributed by atoms with van der Waals surface area (Å²) in [7, 11) is 0. The highest BCUT2D eigenvalue weighted by Gasteiger charge is 2.21. The number of hydrogen-bond donors (Lipinski definition) is 0. The van der Waals surface area contributed by atoms with Gasteiger partial charge in [-0.05, 0) is 63.2 Å². The van der Waals surface area contributed by atoms with Crippen LogP contribution in [0, 0.1) is 35.5 Å². The van der Waals surface area contributed by atoms with Crippen molar-refractivity contribution < 1.29 is 0 Å². The van der Waals surface area contributed by atoms with Gasteiger partial charge in [0.05, 0.1) is 0 Å². The van der Waals surface area contributed by atoms with Crippen molar-refractivity contribution in [3.8, 4) is 11.8 Å². The van der Waals surface area contributed by atoms with E-state index in [0.717, 1.165) is 23.7 Å². The zero-order valence-corrected chi connectivity index (χ0v) is 16.6. The summed E-state index contributed by atoms with van der Waals surface area (Å²) >= 11 is 0. The van der Waals surface area contributed by atoms with Gasteiger partial charge in [0.25, 0.3) is 0 Å². The minimum absolute atomic E-state index is 0.731. The molecule has 0 nitrogen and oxygen atoms in total. The van der Waals surface area contributed by atoms with Gasteiger partial charge in [0.2, 0.25) is 0 Å². The van der Waals surface area contributed by atoms with Crippen LogP contribution in [0.2, 0.25) is 0 Å². The summed E-state index contributed by atoms with van der Waals surface area (Å²) in [6.45, 7) is 4.63. The summed E-state index contributed by atoms with van der Waals surface area (Å²) in [5.74, 6) is 10.9. The van der Waals surface area contributed by atoms with Crippen molar-refractivity contribution in [1.29, 1.82) is 0 Å². The van der Waals surface area contributed by atoms with E-state index < -0.39 is 0 Å². The molecule has 0 aliphatic heterocycles. The first kappa shape index (κ1) is 19.9. The Balaban J connectivity index is 1.57. The van der Waals surface area contributed by atoms with E-state index in [4.69, 9.17) is 0 Å². The summed E-state index contributed by atoms with van der Waals surface area (Å²) in [5.41, 5.74) is 0. The van der Waals surface area contributed by atoms with Crippen molar-refractivity contribution in [2.75, 3.05) is 0 Å². The Morgan fingerprint density at radius 2 is 1.04 bits per heavy atom. The lowest BCUT2D eigenvalue weighted by Gasteiger charge is -2.27. The molecule has 0 aromatic heterocycles. The van der Waals surface area contributed by atoms with Gasteiger partial charge in [0, 0.05) is 11.8 Å². The van der Waals surface area contributed by atoms with Gasteiger partial charge in [-0.25, -0.2) is 0 Å². The highest BCUT2D eigenvalue weighted by molar-refractivity contribution is 5.09. The second-order valence-electron chi connectivity index (χ2n) is 8.72. The van der Waals surface area contributed by atoms with Gasteiger partial charge in [-0.15, -0.1) is 0 Å². The van der Waals surface area contributed by atoms with Crippen molar-refractivity contribution >= 4 is 0 Å². The van der Waals surface area contributed by atoms with Gasteiger partial charge in [-0.3, -0.25) is 0 Å². The molecule has 2 rings (SSSR count). The van der Waals surface area contributed by atoms with Crippen LogP contribution in [-0.4, -0.2) is 0 Å². The number of hydrogen-bond acceptors (Lipinski definition) is 0. The Hall–Kier alpha value is -0.440. The molecule has 2 saturated carbocycles. The van der Waals surface area contributed by atoms with E-state index in [-0.39, 0.29) is 0 Å². The number of rotatable bonds is 8. The van der Waals surface area contributed by atoms with E-state index in [9.17, 15) is 0 Å². The van der Waals surface area contributed by atoms with Crippen molar-refractivity contribution in [3.63, 3.8) is 0 Å². The van der Waals surface area contributed by atoms with Crippen LogP contribution in [0.3, 0.4) is 0 Å². The van der Waals surface area contributed by atoms with E-state index in [1.807, 2.05) is 0 Å². The van der Waals surface area contributed by atoms with E-state index in [1.54, 1.807) is 0 Å². The maximum Gasteiger partial charge on any atom is 0.0203 e. The second-order valence-corrected chi connectivity index (χ2v) is 8.72. The molecular weight excluding hydrogens is 288 g/mol. The van der Waals surface area contributed by atoms with Crippen LogP contribution in [0.15, 0.2) is 0 Å². The maximum atomic E-state index is 3.69. The van der Waals surface area contributed by atoms with Gasteiger partial charge in [0.15, 0.2) is 0 Å². The van der Waals surface area contributed by atoms with E-state index in [2.05, 4.69) is 25.7 Å². The van der Waals surface area contributed by atoms with E-state index in [0.29, 0.717) is 0 Å². The molecule has 138 valence electrons. The second kappa shape index (κ2) is 12.0. The molecule has 2 aliphatic rings. The molecule has 0 atom stereocenters. The molecule has 0 radical (unpaired) electrons. The SMILES string of the molecule is CCCCCCCC1CCC(C#CC2CCC(CCC)CC2)CC1. The summed E-state index contributed by atoms with van der Waals surface area (Å²) in [6.07, 6.45) is 22.8. The summed E-state index contributed by atoms with van der Waals surface area (Å²) in [4.78, 5) is 0. The van der Waals surface area contributed by atoms with Crippen molar-refractivity contribution in [2.45, 2.75) is 117 Å². The first-order valence-electron chi connectivity index (χ1n) is 11.3. The predicted molar refractivity (Wildman–Crippen MR) is 107 cm³/mol. The first-order chi connectivity index (χ1) is 11.8. The topological polar surface area (TPSA) is 0 Å². The zero-order valence-electron chi connectivity index (χ0n) is 16.6. The lowest BCUT2D eigenvalue weighted by molar-refractivity contribution is 0.290. The fourth-order valence-electron chi connectivity index (χ4n) is 4.87. The van der Waals surface area contributed by atoms with Crippen LogP contribution in [-0.2, 0) is 0 Å². The summed E-state index contributed by atoms with van der Waals surface area (Å²) in [5, 5.41) is 0. The molecule has 0 unspecified atom stereocenters. The average Bonchev–Trinajstić information content (AvgIpc) is 2.62. The molecule has 0 aromatic carbocycles. The molecule has 0 bridgehead atoms. The third-order valence-corrected chi connectivity index (χ3v) is 6.60. The highest BCUT2D eigenvalue weighted by Crippen LogP contribution is 2.33. The van der Waals surface area contributed by atoms with Gasteiger partial charge < -0.3 is 0 Å². The molecule has 0 aromatic rings. The van der Waals surface area contributed by atoms with Crippen LogP contribution < -0.4 is 0 Å². The third-order valence-electron chi connectivity index (χ3n) is 6.60. The molecule has 2 aliphatic carbocycles. The van der Waals surface area contributed by atoms with Crippen LogP contribution in [0.1, 0.15) is 117 Å². The molecule has 2 fully saturated rings. The van der Waals surface area contributed by atoms with E-state index >= 15 is 0 Å². The Morgan fingerprint density at radius 3 is 1.54 bits per heavy atom. The highest BCUT2D eigenvalue weighted by atomic mass is 14.3. The monoisotopic (exact) mass is 330 g/mol. The quantitative estimate of drug-likeness (QED) is 0.315. The molecule has 0 heterocycles. The molecular formula is C24H42. The lowest BCUT2D eigenvalue weighted by atomic mass is 9.78. The Bertz CT molecular complexity index is 355. The van der Waals surface area contributed by atoms with Crippen molar-refractivity contribution in [2.24, 2.45) is 23.7 Å². The number of unbranched alkanes of at least 4 members (excludes halogenated alkanes) is 4. The smallest absolute Gasteiger partial charge is 0.0203 e. The molecule has 24 heavy (non-hydrogen) atoms. The average molecular weight is 331 g/mol. The third kappa shape index (κ3) is 7.63. The standard InChI is InChI=1S/C24H42/c1-3-5-6-7-8-10-22-13-17-24(18-14-22)20-19-23-15-11-21(9-4-2)12-16-23/h21-24H,3-18H2,1-2H3. The van der Waals surface area contributed by atoms with Gasteiger partial charge in [-0.1, -0.05) is 77.1 Å². The fourth-order valence-corrected chi connectivity index (χ4v) is 4.87. The van der Waals surface area contributed by atoms with Crippen molar-refractivity contribution in [3.05, 3.63) is 0 Å². The zero-order chi connectivity index (χ0) is 17.0. The molecule has 0 spiro atoms. The van der Waals surface area contributed by atoms with Crippen LogP contribution in [0.25, 0.3) is 0 Å². The van der Waals surface area contributed by atoms with Gasteiger partial charge >= 0.3 is 0 Å². The van der Waals surface area contributed by atoms with Crippen LogP contribution in [0.4, 0.5) is 0 Å². The lowest BCUT2D eigenvalue weighted by Crippen LogP contribution is -2.15. The van der Waals surface area contributed by atoms with E-state index in [1.165, 1.54) is 103 Å². The molecule has 0 saturated heterocycles. The predicted octanol–water partition coefficient (Wildman–Crippen LogP) is 7.76. The Kier molecular flexibility index (Phi) is 9.94. The van der Waals surface area contributed by atoms with Gasteiger partial charge in [-0.2, -0.15) is 0 Å². The normalized spacial score (nSPS) is 30.6. The van der Waals surface area contributed by atoms with Crippen molar-refractivity contribution in [1.82, 2.24) is 0 Å². The van der Waals surface area contributed by atoms with Crippen LogP contribution >= 0.6 is 0 Å². The Morgan fingerprint density at radius 1 is 0.542 bits per heavy atom. The molecule has 0 heteroatoms. The largest absolute Gasteiger partial charge is 0.0996 e. The van der Waals surface area contributed by atoms with Gasteiger partial charge in [0.1, 0.15) is 0 Å². The molecule has 0 N–H and O–H groups in total. The summed E-state index contributed by atoms with van der Waals surface area (Å²) in [6, 6.07) is 0. The van der Waals surface area contributed by atoms with Crippen LogP contribution in [0.5, 0.6) is 0 Å². The first-order valence-corrected chi connectivity index (χ1v) is 11.3. The summed E-state index contributed by atoms with van der Waals surface area (Å²) < 4.78 is 0.